The van der Waals surface area contributed by atoms with E-state index < -0.39 is 0 Å². The topological polar surface area (TPSA) is 63.5 Å². The van der Waals surface area contributed by atoms with Crippen LogP contribution in [0, 0.1) is 0 Å². The number of hydrogen-bond acceptors (Lipinski definition) is 5. The van der Waals surface area contributed by atoms with Crippen LogP contribution < -0.4 is 4.90 Å². The number of carbonyl (C=O) groups is 1. The van der Waals surface area contributed by atoms with Gasteiger partial charge in [0.25, 0.3) is 5.91 Å². The number of rotatable bonds is 3. The highest BCUT2D eigenvalue weighted by molar-refractivity contribution is 5.96. The minimum Gasteiger partial charge on any atom is -0.378 e. The number of amides is 1. The van der Waals surface area contributed by atoms with Crippen LogP contribution in [0.3, 0.4) is 0 Å². The average molecular weight is 415 g/mol. The zero-order valence-corrected chi connectivity index (χ0v) is 17.6. The van der Waals surface area contributed by atoms with Crippen LogP contribution in [0.2, 0.25) is 0 Å². The number of ether oxygens (including phenoxy) is 1. The number of carbonyl (C=O) groups excluding carboxylic acids is 1. The molecule has 1 spiro atoms. The Balaban J connectivity index is 1.33. The molecule has 1 saturated carbocycles. The molecule has 1 aromatic carbocycles. The zero-order chi connectivity index (χ0) is 21.0. The standard InChI is InChI=1S/C24H25N5O2/c1-27-8-2-3-20(27)18-14-25-23(26-15-18)29-16-24(6-7-24)19-5-4-17(13-21(19)29)22(30)28-9-11-31-12-10-28/h2-5,8,13-15H,6-7,9-12,16H2,1H3. The first-order chi connectivity index (χ1) is 15.1. The van der Waals surface area contributed by atoms with Crippen LogP contribution in [-0.2, 0) is 17.2 Å². The van der Waals surface area contributed by atoms with Crippen LogP contribution >= 0.6 is 0 Å². The number of benzene rings is 1. The molecule has 1 aliphatic carbocycles. The smallest absolute Gasteiger partial charge is 0.254 e. The van der Waals surface area contributed by atoms with E-state index in [4.69, 9.17) is 14.7 Å². The number of aromatic nitrogens is 3. The van der Waals surface area contributed by atoms with Crippen molar-refractivity contribution in [2.45, 2.75) is 18.3 Å². The summed E-state index contributed by atoms with van der Waals surface area (Å²) < 4.78 is 7.46. The normalized spacial score (nSPS) is 19.0. The molecule has 7 nitrogen and oxygen atoms in total. The molecule has 2 aliphatic heterocycles. The number of anilines is 2. The molecule has 2 fully saturated rings. The Hall–Kier alpha value is -3.19. The Morgan fingerprint density at radius 1 is 1.10 bits per heavy atom. The minimum atomic E-state index is 0.0720. The van der Waals surface area contributed by atoms with Gasteiger partial charge in [0, 0.05) is 67.5 Å². The summed E-state index contributed by atoms with van der Waals surface area (Å²) >= 11 is 0. The van der Waals surface area contributed by atoms with Crippen molar-refractivity contribution in [2.75, 3.05) is 37.7 Å². The van der Waals surface area contributed by atoms with Gasteiger partial charge < -0.3 is 19.1 Å². The van der Waals surface area contributed by atoms with E-state index in [0.717, 1.165) is 29.1 Å². The summed E-state index contributed by atoms with van der Waals surface area (Å²) in [4.78, 5) is 26.5. The molecule has 0 radical (unpaired) electrons. The predicted molar refractivity (Wildman–Crippen MR) is 118 cm³/mol. The Morgan fingerprint density at radius 3 is 2.55 bits per heavy atom. The van der Waals surface area contributed by atoms with Gasteiger partial charge in [0.05, 0.1) is 18.9 Å². The van der Waals surface area contributed by atoms with E-state index in [9.17, 15) is 4.79 Å². The van der Waals surface area contributed by atoms with Crippen molar-refractivity contribution in [1.82, 2.24) is 19.4 Å². The van der Waals surface area contributed by atoms with Gasteiger partial charge in [-0.1, -0.05) is 6.07 Å². The molecular weight excluding hydrogens is 390 g/mol. The van der Waals surface area contributed by atoms with Gasteiger partial charge in [0.2, 0.25) is 5.95 Å². The third-order valence-electron chi connectivity index (χ3n) is 6.84. The van der Waals surface area contributed by atoms with Gasteiger partial charge in [0.15, 0.2) is 0 Å². The van der Waals surface area contributed by atoms with Gasteiger partial charge in [-0.3, -0.25) is 4.79 Å². The van der Waals surface area contributed by atoms with E-state index in [1.54, 1.807) is 0 Å². The van der Waals surface area contributed by atoms with Gasteiger partial charge in [-0.15, -0.1) is 0 Å². The monoisotopic (exact) mass is 415 g/mol. The highest BCUT2D eigenvalue weighted by atomic mass is 16.5. The molecule has 3 aliphatic rings. The fraction of sp³-hybridized carbons (Fsp3) is 0.375. The van der Waals surface area contributed by atoms with E-state index in [1.807, 2.05) is 48.7 Å². The molecular formula is C24H25N5O2. The Bertz CT molecular complexity index is 1140. The van der Waals surface area contributed by atoms with E-state index in [-0.39, 0.29) is 11.3 Å². The summed E-state index contributed by atoms with van der Waals surface area (Å²) in [6.45, 7) is 3.38. The largest absolute Gasteiger partial charge is 0.378 e. The Morgan fingerprint density at radius 2 is 1.87 bits per heavy atom. The van der Waals surface area contributed by atoms with Crippen LogP contribution in [0.4, 0.5) is 11.6 Å². The molecule has 2 aromatic heterocycles. The highest BCUT2D eigenvalue weighted by Gasteiger charge is 2.52. The van der Waals surface area contributed by atoms with Crippen molar-refractivity contribution in [3.05, 3.63) is 60.0 Å². The summed E-state index contributed by atoms with van der Waals surface area (Å²) in [5, 5.41) is 0. The molecule has 31 heavy (non-hydrogen) atoms. The molecule has 1 saturated heterocycles. The van der Waals surface area contributed by atoms with Gasteiger partial charge in [-0.2, -0.15) is 0 Å². The van der Waals surface area contributed by atoms with E-state index >= 15 is 0 Å². The lowest BCUT2D eigenvalue weighted by Gasteiger charge is -2.27. The summed E-state index contributed by atoms with van der Waals surface area (Å²) in [6, 6.07) is 10.2. The minimum absolute atomic E-state index is 0.0720. The summed E-state index contributed by atoms with van der Waals surface area (Å²) in [5.74, 6) is 0.765. The van der Waals surface area contributed by atoms with Crippen LogP contribution in [0.25, 0.3) is 11.3 Å². The van der Waals surface area contributed by atoms with E-state index in [2.05, 4.69) is 21.6 Å². The molecule has 158 valence electrons. The van der Waals surface area contributed by atoms with Crippen LogP contribution in [0.5, 0.6) is 0 Å². The van der Waals surface area contributed by atoms with Crippen molar-refractivity contribution in [3.8, 4) is 11.3 Å². The lowest BCUT2D eigenvalue weighted by Crippen LogP contribution is -2.40. The maximum absolute atomic E-state index is 13.0. The van der Waals surface area contributed by atoms with Crippen molar-refractivity contribution < 1.29 is 9.53 Å². The second-order valence-corrected chi connectivity index (χ2v) is 8.78. The van der Waals surface area contributed by atoms with Gasteiger partial charge >= 0.3 is 0 Å². The van der Waals surface area contributed by atoms with Crippen molar-refractivity contribution in [1.29, 1.82) is 0 Å². The number of aryl methyl sites for hydroxylation is 1. The molecule has 6 rings (SSSR count). The van der Waals surface area contributed by atoms with Crippen LogP contribution in [0.1, 0.15) is 28.8 Å². The molecule has 4 heterocycles. The lowest BCUT2D eigenvalue weighted by atomic mass is 9.97. The number of morpholine rings is 1. The first-order valence-electron chi connectivity index (χ1n) is 10.9. The number of nitrogens with zero attached hydrogens (tertiary/aromatic N) is 5. The van der Waals surface area contributed by atoms with Crippen molar-refractivity contribution in [2.24, 2.45) is 7.05 Å². The highest BCUT2D eigenvalue weighted by Crippen LogP contribution is 2.57. The maximum Gasteiger partial charge on any atom is 0.254 e. The summed E-state index contributed by atoms with van der Waals surface area (Å²) in [6.07, 6.45) is 8.14. The number of fused-ring (bicyclic) bond motifs is 2. The van der Waals surface area contributed by atoms with Crippen molar-refractivity contribution >= 4 is 17.5 Å². The average Bonchev–Trinajstić information content (AvgIpc) is 3.36. The fourth-order valence-electron chi connectivity index (χ4n) is 4.87. The van der Waals surface area contributed by atoms with Crippen LogP contribution in [0.15, 0.2) is 48.9 Å². The van der Waals surface area contributed by atoms with E-state index in [1.165, 1.54) is 18.4 Å². The van der Waals surface area contributed by atoms with Gasteiger partial charge in [-0.25, -0.2) is 9.97 Å². The molecule has 0 atom stereocenters. The molecule has 0 bridgehead atoms. The van der Waals surface area contributed by atoms with E-state index in [0.29, 0.717) is 32.3 Å². The fourth-order valence-corrected chi connectivity index (χ4v) is 4.87. The second-order valence-electron chi connectivity index (χ2n) is 8.78. The number of hydrogen-bond donors (Lipinski definition) is 0. The predicted octanol–water partition coefficient (Wildman–Crippen LogP) is 3.14. The molecule has 0 unspecified atom stereocenters. The zero-order valence-electron chi connectivity index (χ0n) is 17.6. The van der Waals surface area contributed by atoms with Gasteiger partial charge in [0.1, 0.15) is 0 Å². The molecule has 0 N–H and O–H groups in total. The third kappa shape index (κ3) is 3.03. The first-order valence-corrected chi connectivity index (χ1v) is 10.9. The van der Waals surface area contributed by atoms with Crippen LogP contribution in [-0.4, -0.2) is 58.2 Å². The molecule has 1 amide bonds. The first kappa shape index (κ1) is 18.6. The SMILES string of the molecule is Cn1cccc1-c1cnc(N2CC3(CC3)c3ccc(C(=O)N4CCOCC4)cc32)nc1. The third-order valence-corrected chi connectivity index (χ3v) is 6.84. The van der Waals surface area contributed by atoms with Gasteiger partial charge in [-0.05, 0) is 42.7 Å². The molecule has 3 aromatic rings. The Kier molecular flexibility index (Phi) is 4.14. The quantitative estimate of drug-likeness (QED) is 0.658. The lowest BCUT2D eigenvalue weighted by molar-refractivity contribution is 0.0303. The molecule has 7 heteroatoms. The second kappa shape index (κ2) is 6.92. The Labute approximate surface area is 181 Å². The van der Waals surface area contributed by atoms with Crippen molar-refractivity contribution in [3.63, 3.8) is 0 Å². The summed E-state index contributed by atoms with van der Waals surface area (Å²) in [7, 11) is 2.02. The maximum atomic E-state index is 13.0. The summed E-state index contributed by atoms with van der Waals surface area (Å²) in [5.41, 5.74) is 5.39.